The van der Waals surface area contributed by atoms with Gasteiger partial charge in [0.05, 0.1) is 12.0 Å². The summed E-state index contributed by atoms with van der Waals surface area (Å²) in [6, 6.07) is 9.19. The number of carboxylic acids is 1. The number of rotatable bonds is 3. The maximum absolute atomic E-state index is 11.5. The Kier molecular flexibility index (Phi) is 3.46. The van der Waals surface area contributed by atoms with Crippen molar-refractivity contribution in [3.8, 4) is 0 Å². The highest BCUT2D eigenvalue weighted by Crippen LogP contribution is 2.35. The lowest BCUT2D eigenvalue weighted by Crippen LogP contribution is -2.24. The van der Waals surface area contributed by atoms with E-state index in [1.807, 2.05) is 30.3 Å². The molecule has 0 aromatic heterocycles. The van der Waals surface area contributed by atoms with Gasteiger partial charge in [-0.1, -0.05) is 37.3 Å². The van der Waals surface area contributed by atoms with Crippen molar-refractivity contribution >= 4 is 11.9 Å². The number of hydrogen-bond donors (Lipinski definition) is 1. The Morgan fingerprint density at radius 1 is 1.39 bits per heavy atom. The normalized spacial score (nSPS) is 19.6. The quantitative estimate of drug-likeness (QED) is 0.832. The summed E-state index contributed by atoms with van der Waals surface area (Å²) in [6.45, 7) is 1.78. The average Bonchev–Trinajstić information content (AvgIpc) is 2.38. The van der Waals surface area contributed by atoms with E-state index in [2.05, 4.69) is 0 Å². The number of ether oxygens (including phenoxy) is 1. The van der Waals surface area contributed by atoms with Crippen molar-refractivity contribution in [1.29, 1.82) is 0 Å². The minimum atomic E-state index is -1.02. The van der Waals surface area contributed by atoms with Gasteiger partial charge in [0.2, 0.25) is 0 Å². The van der Waals surface area contributed by atoms with E-state index < -0.39 is 11.9 Å². The van der Waals surface area contributed by atoms with Crippen LogP contribution in [0.2, 0.25) is 0 Å². The number of cyclic esters (lactones) is 1. The van der Waals surface area contributed by atoms with Gasteiger partial charge in [-0.2, -0.15) is 0 Å². The summed E-state index contributed by atoms with van der Waals surface area (Å²) in [7, 11) is 0. The molecule has 1 aromatic rings. The van der Waals surface area contributed by atoms with Gasteiger partial charge in [-0.05, 0) is 5.56 Å². The molecule has 1 atom stereocenters. The molecule has 1 aromatic carbocycles. The van der Waals surface area contributed by atoms with E-state index in [0.29, 0.717) is 6.42 Å². The summed E-state index contributed by atoms with van der Waals surface area (Å²) in [4.78, 5) is 22.9. The first kappa shape index (κ1) is 12.4. The molecular formula is C14H14O4. The van der Waals surface area contributed by atoms with E-state index in [-0.39, 0.29) is 23.7 Å². The molecule has 0 aliphatic carbocycles. The largest absolute Gasteiger partial charge is 0.478 e. The molecule has 94 valence electrons. The average molecular weight is 246 g/mol. The van der Waals surface area contributed by atoms with Crippen LogP contribution in [0.15, 0.2) is 41.7 Å². The fourth-order valence-corrected chi connectivity index (χ4v) is 2.20. The Balaban J connectivity index is 2.50. The summed E-state index contributed by atoms with van der Waals surface area (Å²) in [5.41, 5.74) is 1.03. The van der Waals surface area contributed by atoms with Gasteiger partial charge in [0, 0.05) is 12.3 Å². The van der Waals surface area contributed by atoms with Gasteiger partial charge in [0.25, 0.3) is 0 Å². The van der Waals surface area contributed by atoms with Crippen LogP contribution in [0.4, 0.5) is 0 Å². The van der Waals surface area contributed by atoms with E-state index in [1.165, 1.54) is 0 Å². The first-order valence-electron chi connectivity index (χ1n) is 5.85. The molecule has 0 saturated heterocycles. The van der Waals surface area contributed by atoms with Crippen LogP contribution in [0.3, 0.4) is 0 Å². The lowest BCUT2D eigenvalue weighted by atomic mass is 9.85. The van der Waals surface area contributed by atoms with Crippen molar-refractivity contribution in [2.75, 3.05) is 0 Å². The van der Waals surface area contributed by atoms with Crippen molar-refractivity contribution in [2.45, 2.75) is 25.7 Å². The fraction of sp³-hybridized carbons (Fsp3) is 0.286. The summed E-state index contributed by atoms with van der Waals surface area (Å²) in [5.74, 6) is -1.54. The number of carbonyl (C=O) groups excluding carboxylic acids is 1. The molecule has 1 aliphatic rings. The minimum Gasteiger partial charge on any atom is -0.478 e. The number of benzene rings is 1. The van der Waals surface area contributed by atoms with E-state index in [1.54, 1.807) is 6.92 Å². The van der Waals surface area contributed by atoms with E-state index in [9.17, 15) is 14.7 Å². The Hall–Kier alpha value is -2.10. The maximum Gasteiger partial charge on any atom is 0.335 e. The monoisotopic (exact) mass is 246 g/mol. The van der Waals surface area contributed by atoms with Crippen LogP contribution in [0.5, 0.6) is 0 Å². The van der Waals surface area contributed by atoms with Crippen LogP contribution >= 0.6 is 0 Å². The van der Waals surface area contributed by atoms with Crippen LogP contribution < -0.4 is 0 Å². The van der Waals surface area contributed by atoms with Gasteiger partial charge in [-0.15, -0.1) is 0 Å². The van der Waals surface area contributed by atoms with Gasteiger partial charge >= 0.3 is 11.9 Å². The van der Waals surface area contributed by atoms with Gasteiger partial charge in [0.15, 0.2) is 0 Å². The van der Waals surface area contributed by atoms with E-state index in [4.69, 9.17) is 4.74 Å². The molecule has 2 rings (SSSR count). The van der Waals surface area contributed by atoms with Gasteiger partial charge in [0.1, 0.15) is 5.76 Å². The Morgan fingerprint density at radius 2 is 2.06 bits per heavy atom. The second kappa shape index (κ2) is 5.04. The Morgan fingerprint density at radius 3 is 2.61 bits per heavy atom. The van der Waals surface area contributed by atoms with Crippen molar-refractivity contribution in [3.63, 3.8) is 0 Å². The third kappa shape index (κ3) is 2.27. The molecule has 18 heavy (non-hydrogen) atoms. The van der Waals surface area contributed by atoms with Gasteiger partial charge in [-0.25, -0.2) is 4.79 Å². The maximum atomic E-state index is 11.5. The number of allylic oxidation sites excluding steroid dienone is 1. The van der Waals surface area contributed by atoms with Crippen molar-refractivity contribution in [1.82, 2.24) is 0 Å². The second-order valence-corrected chi connectivity index (χ2v) is 4.14. The highest BCUT2D eigenvalue weighted by molar-refractivity contribution is 5.92. The van der Waals surface area contributed by atoms with Crippen LogP contribution in [0.25, 0.3) is 0 Å². The molecular weight excluding hydrogens is 232 g/mol. The number of aliphatic carboxylic acids is 1. The van der Waals surface area contributed by atoms with E-state index >= 15 is 0 Å². The molecule has 0 bridgehead atoms. The first-order chi connectivity index (χ1) is 8.63. The molecule has 4 nitrogen and oxygen atoms in total. The van der Waals surface area contributed by atoms with Crippen LogP contribution in [-0.2, 0) is 14.3 Å². The number of hydrogen-bond acceptors (Lipinski definition) is 3. The van der Waals surface area contributed by atoms with Crippen molar-refractivity contribution < 1.29 is 19.4 Å². The third-order valence-corrected chi connectivity index (χ3v) is 3.01. The zero-order valence-corrected chi connectivity index (χ0v) is 10.1. The second-order valence-electron chi connectivity index (χ2n) is 4.14. The molecule has 0 fully saturated rings. The summed E-state index contributed by atoms with van der Waals surface area (Å²) < 4.78 is 5.02. The highest BCUT2D eigenvalue weighted by Gasteiger charge is 2.34. The molecule has 0 radical (unpaired) electrons. The zero-order valence-electron chi connectivity index (χ0n) is 10.1. The van der Waals surface area contributed by atoms with Crippen LogP contribution in [-0.4, -0.2) is 17.0 Å². The SMILES string of the molecule is CCC1=C(C(=O)O)C(c2ccccc2)CC(=O)O1. The number of carbonyl (C=O) groups is 2. The zero-order chi connectivity index (χ0) is 13.1. The minimum absolute atomic E-state index is 0.0785. The van der Waals surface area contributed by atoms with Crippen LogP contribution in [0, 0.1) is 0 Å². The molecule has 0 spiro atoms. The van der Waals surface area contributed by atoms with Gasteiger partial charge in [-0.3, -0.25) is 4.79 Å². The molecule has 0 amide bonds. The van der Waals surface area contributed by atoms with Crippen molar-refractivity contribution in [2.24, 2.45) is 0 Å². The lowest BCUT2D eigenvalue weighted by Gasteiger charge is -2.25. The molecule has 1 unspecified atom stereocenters. The van der Waals surface area contributed by atoms with E-state index in [0.717, 1.165) is 5.56 Å². The Labute approximate surface area is 105 Å². The molecule has 1 heterocycles. The lowest BCUT2D eigenvalue weighted by molar-refractivity contribution is -0.142. The molecule has 1 N–H and O–H groups in total. The fourth-order valence-electron chi connectivity index (χ4n) is 2.20. The van der Waals surface area contributed by atoms with Gasteiger partial charge < -0.3 is 9.84 Å². The predicted octanol–water partition coefficient (Wildman–Crippen LogP) is 2.47. The smallest absolute Gasteiger partial charge is 0.335 e. The summed E-state index contributed by atoms with van der Waals surface area (Å²) in [6.07, 6.45) is 0.478. The predicted molar refractivity (Wildman–Crippen MR) is 64.8 cm³/mol. The topological polar surface area (TPSA) is 63.6 Å². The van der Waals surface area contributed by atoms with Crippen LogP contribution in [0.1, 0.15) is 31.2 Å². The molecule has 1 aliphatic heterocycles. The highest BCUT2D eigenvalue weighted by atomic mass is 16.5. The molecule has 4 heteroatoms. The van der Waals surface area contributed by atoms with Crippen molar-refractivity contribution in [3.05, 3.63) is 47.2 Å². The summed E-state index contributed by atoms with van der Waals surface area (Å²) in [5, 5.41) is 9.31. The third-order valence-electron chi connectivity index (χ3n) is 3.01. The molecule has 0 saturated carbocycles. The Bertz CT molecular complexity index is 502. The number of carboxylic acid groups (broad SMARTS) is 1. The standard InChI is InChI=1S/C14H14O4/c1-2-11-13(14(16)17)10(8-12(15)18-11)9-6-4-3-5-7-9/h3-7,10H,2,8H2,1H3,(H,16,17). The summed E-state index contributed by atoms with van der Waals surface area (Å²) >= 11 is 0. The number of esters is 1. The first-order valence-corrected chi connectivity index (χ1v) is 5.85.